The standard InChI is InChI=1S/C25H33N5O4S/c1-25(2,32)20-5-4-6-21-19(20)12-15-30(21)22-11-13-27-24(29-22)28-18-9-7-17(8-10-18)23(31)26-14-16-35(3,33)34/h4-6,11-13,15,17-18,32H,7-10,14,16H2,1-3H3,(H,26,31)(H,27,28,29). The summed E-state index contributed by atoms with van der Waals surface area (Å²) in [6.07, 6.45) is 7.89. The zero-order valence-corrected chi connectivity index (χ0v) is 21.2. The number of rotatable bonds is 8. The zero-order chi connectivity index (χ0) is 25.2. The summed E-state index contributed by atoms with van der Waals surface area (Å²) in [5, 5.41) is 17.6. The van der Waals surface area contributed by atoms with Gasteiger partial charge in [-0.2, -0.15) is 4.98 Å². The molecule has 1 amide bonds. The normalized spacial score (nSPS) is 19.0. The van der Waals surface area contributed by atoms with Crippen LogP contribution >= 0.6 is 0 Å². The van der Waals surface area contributed by atoms with Crippen LogP contribution in [0.4, 0.5) is 5.95 Å². The second-order valence-corrected chi connectivity index (χ2v) is 12.1. The molecule has 3 N–H and O–H groups in total. The van der Waals surface area contributed by atoms with E-state index in [1.165, 1.54) is 6.26 Å². The number of hydrogen-bond donors (Lipinski definition) is 3. The Labute approximate surface area is 205 Å². The zero-order valence-electron chi connectivity index (χ0n) is 20.4. The monoisotopic (exact) mass is 499 g/mol. The summed E-state index contributed by atoms with van der Waals surface area (Å²) in [5.74, 6) is 1.04. The molecule has 9 nitrogen and oxygen atoms in total. The first kappa shape index (κ1) is 25.1. The fourth-order valence-corrected chi connectivity index (χ4v) is 5.11. The molecule has 0 aliphatic heterocycles. The van der Waals surface area contributed by atoms with Gasteiger partial charge in [-0.15, -0.1) is 0 Å². The SMILES string of the molecule is CC(C)(O)c1cccc2c1ccn2-c1ccnc(NC2CCC(C(=O)NCCS(C)(=O)=O)CC2)n1. The molecule has 4 rings (SSSR count). The number of hydrogen-bond acceptors (Lipinski definition) is 7. The number of carbonyl (C=O) groups is 1. The summed E-state index contributed by atoms with van der Waals surface area (Å²) in [4.78, 5) is 21.4. The van der Waals surface area contributed by atoms with Gasteiger partial charge in [0, 0.05) is 42.5 Å². The highest BCUT2D eigenvalue weighted by Crippen LogP contribution is 2.30. The molecule has 1 aliphatic rings. The number of fused-ring (bicyclic) bond motifs is 1. The van der Waals surface area contributed by atoms with Gasteiger partial charge in [-0.05, 0) is 63.3 Å². The summed E-state index contributed by atoms with van der Waals surface area (Å²) in [6, 6.07) is 9.86. The van der Waals surface area contributed by atoms with Crippen LogP contribution < -0.4 is 10.6 Å². The predicted molar refractivity (Wildman–Crippen MR) is 136 cm³/mol. The maximum Gasteiger partial charge on any atom is 0.224 e. The van der Waals surface area contributed by atoms with Gasteiger partial charge in [0.25, 0.3) is 0 Å². The van der Waals surface area contributed by atoms with E-state index in [2.05, 4.69) is 15.6 Å². The highest BCUT2D eigenvalue weighted by molar-refractivity contribution is 7.90. The fourth-order valence-electron chi connectivity index (χ4n) is 4.64. The Balaban J connectivity index is 1.39. The molecule has 0 radical (unpaired) electrons. The quantitative estimate of drug-likeness (QED) is 0.435. The molecular weight excluding hydrogens is 466 g/mol. The van der Waals surface area contributed by atoms with Crippen molar-refractivity contribution in [3.8, 4) is 5.82 Å². The summed E-state index contributed by atoms with van der Waals surface area (Å²) < 4.78 is 24.5. The molecule has 0 spiro atoms. The number of nitrogens with zero attached hydrogens (tertiary/aromatic N) is 3. The van der Waals surface area contributed by atoms with Crippen LogP contribution in [0.25, 0.3) is 16.7 Å². The van der Waals surface area contributed by atoms with E-state index in [-0.39, 0.29) is 30.2 Å². The average molecular weight is 500 g/mol. The minimum absolute atomic E-state index is 0.0426. The highest BCUT2D eigenvalue weighted by atomic mass is 32.2. The molecule has 1 aromatic carbocycles. The van der Waals surface area contributed by atoms with Crippen molar-refractivity contribution in [1.29, 1.82) is 0 Å². The van der Waals surface area contributed by atoms with Crippen molar-refractivity contribution >= 4 is 32.6 Å². The van der Waals surface area contributed by atoms with Crippen molar-refractivity contribution in [3.63, 3.8) is 0 Å². The van der Waals surface area contributed by atoms with Crippen LogP contribution in [0, 0.1) is 5.92 Å². The van der Waals surface area contributed by atoms with E-state index in [1.54, 1.807) is 20.0 Å². The predicted octanol–water partition coefficient (Wildman–Crippen LogP) is 2.78. The van der Waals surface area contributed by atoms with Gasteiger partial charge in [0.15, 0.2) is 0 Å². The number of anilines is 1. The van der Waals surface area contributed by atoms with Gasteiger partial charge in [0.1, 0.15) is 15.7 Å². The lowest BCUT2D eigenvalue weighted by Crippen LogP contribution is -2.37. The van der Waals surface area contributed by atoms with Crippen molar-refractivity contribution in [1.82, 2.24) is 19.9 Å². The largest absolute Gasteiger partial charge is 0.386 e. The van der Waals surface area contributed by atoms with Crippen LogP contribution in [0.2, 0.25) is 0 Å². The number of sulfone groups is 1. The van der Waals surface area contributed by atoms with Gasteiger partial charge in [-0.1, -0.05) is 12.1 Å². The minimum atomic E-state index is -3.09. The first-order valence-electron chi connectivity index (χ1n) is 11.9. The van der Waals surface area contributed by atoms with Gasteiger partial charge in [0.05, 0.1) is 16.9 Å². The Bertz CT molecular complexity index is 1300. The third-order valence-electron chi connectivity index (χ3n) is 6.48. The molecule has 10 heteroatoms. The van der Waals surface area contributed by atoms with Crippen LogP contribution in [0.1, 0.15) is 45.1 Å². The van der Waals surface area contributed by atoms with E-state index in [1.807, 2.05) is 41.1 Å². The highest BCUT2D eigenvalue weighted by Gasteiger charge is 2.27. The topological polar surface area (TPSA) is 126 Å². The lowest BCUT2D eigenvalue weighted by Gasteiger charge is -2.28. The van der Waals surface area contributed by atoms with E-state index < -0.39 is 15.4 Å². The Morgan fingerprint density at radius 1 is 1.17 bits per heavy atom. The number of benzene rings is 1. The van der Waals surface area contributed by atoms with Crippen LogP contribution in [-0.2, 0) is 20.2 Å². The molecule has 35 heavy (non-hydrogen) atoms. The molecule has 0 saturated heterocycles. The third kappa shape index (κ3) is 6.18. The van der Waals surface area contributed by atoms with Crippen LogP contribution in [0.3, 0.4) is 0 Å². The second kappa shape index (κ2) is 9.94. The smallest absolute Gasteiger partial charge is 0.224 e. The number of carbonyl (C=O) groups excluding carboxylic acids is 1. The van der Waals surface area contributed by atoms with Crippen molar-refractivity contribution in [3.05, 3.63) is 48.3 Å². The Morgan fingerprint density at radius 3 is 2.60 bits per heavy atom. The van der Waals surface area contributed by atoms with Crippen LogP contribution in [-0.4, -0.2) is 58.6 Å². The van der Waals surface area contributed by atoms with Gasteiger partial charge in [-0.3, -0.25) is 4.79 Å². The number of nitrogens with one attached hydrogen (secondary N) is 2. The fraction of sp³-hybridized carbons (Fsp3) is 0.480. The second-order valence-electron chi connectivity index (χ2n) is 9.84. The van der Waals surface area contributed by atoms with Crippen molar-refractivity contribution in [2.45, 2.75) is 51.2 Å². The Kier molecular flexibility index (Phi) is 7.14. The van der Waals surface area contributed by atoms with E-state index in [0.29, 0.717) is 5.95 Å². The molecule has 2 aromatic heterocycles. The Hall–Kier alpha value is -2.98. The summed E-state index contributed by atoms with van der Waals surface area (Å²) >= 11 is 0. The molecule has 1 aliphatic carbocycles. The van der Waals surface area contributed by atoms with Crippen LogP contribution in [0.15, 0.2) is 42.7 Å². The van der Waals surface area contributed by atoms with Crippen molar-refractivity contribution < 1.29 is 18.3 Å². The Morgan fingerprint density at radius 2 is 1.91 bits per heavy atom. The molecule has 1 fully saturated rings. The lowest BCUT2D eigenvalue weighted by atomic mass is 9.85. The number of amides is 1. The molecule has 1 saturated carbocycles. The number of aromatic nitrogens is 3. The van der Waals surface area contributed by atoms with Crippen molar-refractivity contribution in [2.24, 2.45) is 5.92 Å². The molecule has 0 unspecified atom stereocenters. The van der Waals surface area contributed by atoms with Crippen molar-refractivity contribution in [2.75, 3.05) is 23.9 Å². The molecule has 0 bridgehead atoms. The molecule has 0 atom stereocenters. The first-order chi connectivity index (χ1) is 16.5. The lowest BCUT2D eigenvalue weighted by molar-refractivity contribution is -0.125. The first-order valence-corrected chi connectivity index (χ1v) is 14.0. The van der Waals surface area contributed by atoms with Gasteiger partial charge in [0.2, 0.25) is 11.9 Å². The minimum Gasteiger partial charge on any atom is -0.386 e. The molecule has 3 aromatic rings. The van der Waals surface area contributed by atoms with E-state index in [0.717, 1.165) is 48.0 Å². The van der Waals surface area contributed by atoms with E-state index >= 15 is 0 Å². The van der Waals surface area contributed by atoms with E-state index in [4.69, 9.17) is 4.98 Å². The maximum atomic E-state index is 12.3. The summed E-state index contributed by atoms with van der Waals surface area (Å²) in [6.45, 7) is 3.71. The van der Waals surface area contributed by atoms with Crippen LogP contribution in [0.5, 0.6) is 0 Å². The van der Waals surface area contributed by atoms with Gasteiger partial charge >= 0.3 is 0 Å². The maximum absolute atomic E-state index is 12.3. The van der Waals surface area contributed by atoms with E-state index in [9.17, 15) is 18.3 Å². The third-order valence-corrected chi connectivity index (χ3v) is 7.43. The van der Waals surface area contributed by atoms with Gasteiger partial charge < -0.3 is 20.3 Å². The summed E-state index contributed by atoms with van der Waals surface area (Å²) in [7, 11) is -3.09. The summed E-state index contributed by atoms with van der Waals surface area (Å²) in [5.41, 5.74) is 0.864. The molecule has 188 valence electrons. The molecule has 2 heterocycles. The number of aliphatic hydroxyl groups is 1. The average Bonchev–Trinajstić information content (AvgIpc) is 3.22. The van der Waals surface area contributed by atoms with Gasteiger partial charge in [-0.25, -0.2) is 13.4 Å². The molecular formula is C25H33N5O4S.